The van der Waals surface area contributed by atoms with Gasteiger partial charge in [-0.3, -0.25) is 9.59 Å². The van der Waals surface area contributed by atoms with Gasteiger partial charge in [0.1, 0.15) is 5.82 Å². The van der Waals surface area contributed by atoms with Gasteiger partial charge >= 0.3 is 0 Å². The van der Waals surface area contributed by atoms with Crippen molar-refractivity contribution in [1.29, 1.82) is 0 Å². The largest absolute Gasteiger partial charge is 0.342 e. The highest BCUT2D eigenvalue weighted by Gasteiger charge is 2.28. The number of piperidine rings is 1. The van der Waals surface area contributed by atoms with Gasteiger partial charge in [-0.15, -0.1) is 0 Å². The molecule has 2 heterocycles. The van der Waals surface area contributed by atoms with Crippen LogP contribution in [0.1, 0.15) is 36.0 Å². The monoisotopic (exact) mass is 458 g/mol. The number of rotatable bonds is 7. The molecule has 0 spiro atoms. The van der Waals surface area contributed by atoms with Crippen LogP contribution in [0.25, 0.3) is 0 Å². The average molecular weight is 459 g/mol. The molecule has 1 atom stereocenters. The van der Waals surface area contributed by atoms with E-state index < -0.39 is 10.0 Å². The maximum atomic E-state index is 12.6. The predicted molar refractivity (Wildman–Crippen MR) is 123 cm³/mol. The van der Waals surface area contributed by atoms with Gasteiger partial charge in [-0.05, 0) is 68.5 Å². The van der Waals surface area contributed by atoms with E-state index in [4.69, 9.17) is 0 Å². The van der Waals surface area contributed by atoms with Gasteiger partial charge in [-0.2, -0.15) is 0 Å². The summed E-state index contributed by atoms with van der Waals surface area (Å²) in [6, 6.07) is 8.57. The molecule has 9 heteroatoms. The van der Waals surface area contributed by atoms with Crippen LogP contribution < -0.4 is 10.0 Å². The second-order valence-corrected chi connectivity index (χ2v) is 10.0. The Labute approximate surface area is 189 Å². The third kappa shape index (κ3) is 6.14. The SMILES string of the molecule is Cc1ccc(NC(=O)C2CCCN(C(=O)CCNS(=O)(=O)c3ccc(C)c(C)c3)C2)nc1. The fourth-order valence-electron chi connectivity index (χ4n) is 3.60. The number of nitrogens with one attached hydrogen (secondary N) is 2. The van der Waals surface area contributed by atoms with Gasteiger partial charge in [0.15, 0.2) is 0 Å². The molecule has 32 heavy (non-hydrogen) atoms. The smallest absolute Gasteiger partial charge is 0.240 e. The van der Waals surface area contributed by atoms with E-state index in [0.29, 0.717) is 25.3 Å². The molecule has 1 aromatic heterocycles. The van der Waals surface area contributed by atoms with E-state index in [0.717, 1.165) is 23.1 Å². The Balaban J connectivity index is 1.50. The molecule has 3 rings (SSSR count). The summed E-state index contributed by atoms with van der Waals surface area (Å²) in [7, 11) is -3.68. The van der Waals surface area contributed by atoms with Crippen molar-refractivity contribution in [3.05, 3.63) is 53.2 Å². The molecule has 172 valence electrons. The van der Waals surface area contributed by atoms with Crippen molar-refractivity contribution < 1.29 is 18.0 Å². The van der Waals surface area contributed by atoms with E-state index in [1.165, 1.54) is 0 Å². The van der Waals surface area contributed by atoms with Crippen LogP contribution in [0.4, 0.5) is 5.82 Å². The number of anilines is 1. The van der Waals surface area contributed by atoms with Crippen LogP contribution in [0.5, 0.6) is 0 Å². The number of likely N-dealkylation sites (tertiary alicyclic amines) is 1. The molecule has 8 nitrogen and oxygen atoms in total. The lowest BCUT2D eigenvalue weighted by Crippen LogP contribution is -2.44. The first-order valence-corrected chi connectivity index (χ1v) is 12.2. The molecule has 2 N–H and O–H groups in total. The first-order chi connectivity index (χ1) is 15.2. The van der Waals surface area contributed by atoms with E-state index in [2.05, 4.69) is 15.0 Å². The van der Waals surface area contributed by atoms with E-state index in [9.17, 15) is 18.0 Å². The Bertz CT molecular complexity index is 1080. The maximum Gasteiger partial charge on any atom is 0.240 e. The minimum atomic E-state index is -3.68. The third-order valence-corrected chi connectivity index (χ3v) is 7.19. The Morgan fingerprint density at radius 2 is 1.91 bits per heavy atom. The van der Waals surface area contributed by atoms with Crippen molar-refractivity contribution in [1.82, 2.24) is 14.6 Å². The molecule has 1 fully saturated rings. The average Bonchev–Trinajstić information content (AvgIpc) is 2.77. The standard InChI is InChI=1S/C23H30N4O4S/c1-16-6-9-21(24-14-16)26-23(29)19-5-4-12-27(15-19)22(28)10-11-25-32(30,31)20-8-7-17(2)18(3)13-20/h6-9,13-14,19,25H,4-5,10-12,15H2,1-3H3,(H,24,26,29). The minimum absolute atomic E-state index is 0.00867. The van der Waals surface area contributed by atoms with Crippen LogP contribution in [0, 0.1) is 26.7 Å². The first kappa shape index (κ1) is 23.9. The van der Waals surface area contributed by atoms with Crippen LogP contribution in [0.15, 0.2) is 41.4 Å². The van der Waals surface area contributed by atoms with Crippen molar-refractivity contribution in [2.45, 2.75) is 44.9 Å². The molecule has 1 aromatic carbocycles. The minimum Gasteiger partial charge on any atom is -0.342 e. The van der Waals surface area contributed by atoms with Gasteiger partial charge < -0.3 is 10.2 Å². The number of carbonyl (C=O) groups excluding carboxylic acids is 2. The summed E-state index contributed by atoms with van der Waals surface area (Å²) < 4.78 is 27.5. The molecule has 0 radical (unpaired) electrons. The Kier molecular flexibility index (Phi) is 7.63. The molecule has 1 aliphatic rings. The summed E-state index contributed by atoms with van der Waals surface area (Å²) in [4.78, 5) is 31.2. The van der Waals surface area contributed by atoms with Crippen molar-refractivity contribution in [3.63, 3.8) is 0 Å². The summed E-state index contributed by atoms with van der Waals surface area (Å²) in [5.41, 5.74) is 2.91. The quantitative estimate of drug-likeness (QED) is 0.663. The zero-order valence-electron chi connectivity index (χ0n) is 18.7. The van der Waals surface area contributed by atoms with Crippen LogP contribution in [0.2, 0.25) is 0 Å². The summed E-state index contributed by atoms with van der Waals surface area (Å²) in [6.07, 6.45) is 3.14. The number of aryl methyl sites for hydroxylation is 3. The number of aromatic nitrogens is 1. The topological polar surface area (TPSA) is 108 Å². The molecule has 0 bridgehead atoms. The first-order valence-electron chi connectivity index (χ1n) is 10.7. The van der Waals surface area contributed by atoms with Gasteiger partial charge in [-0.25, -0.2) is 18.1 Å². The highest BCUT2D eigenvalue weighted by Crippen LogP contribution is 2.19. The highest BCUT2D eigenvalue weighted by molar-refractivity contribution is 7.89. The Morgan fingerprint density at radius 1 is 1.12 bits per heavy atom. The molecular weight excluding hydrogens is 428 g/mol. The van der Waals surface area contributed by atoms with Crippen molar-refractivity contribution >= 4 is 27.7 Å². The lowest BCUT2D eigenvalue weighted by molar-refractivity contribution is -0.134. The molecule has 1 unspecified atom stereocenters. The van der Waals surface area contributed by atoms with Crippen molar-refractivity contribution in [2.75, 3.05) is 25.0 Å². The van der Waals surface area contributed by atoms with Gasteiger partial charge in [0.2, 0.25) is 21.8 Å². The summed E-state index contributed by atoms with van der Waals surface area (Å²) in [6.45, 7) is 6.59. The molecule has 0 aliphatic carbocycles. The second kappa shape index (κ2) is 10.2. The lowest BCUT2D eigenvalue weighted by Gasteiger charge is -2.32. The van der Waals surface area contributed by atoms with Crippen LogP contribution in [-0.2, 0) is 19.6 Å². The number of hydrogen-bond donors (Lipinski definition) is 2. The fourth-order valence-corrected chi connectivity index (χ4v) is 4.72. The number of amides is 2. The number of pyridine rings is 1. The van der Waals surface area contributed by atoms with E-state index in [1.54, 1.807) is 35.4 Å². The summed E-state index contributed by atoms with van der Waals surface area (Å²) in [5.74, 6) is -0.152. The zero-order chi connectivity index (χ0) is 23.3. The number of nitrogens with zero attached hydrogens (tertiary/aromatic N) is 2. The van der Waals surface area contributed by atoms with Crippen LogP contribution >= 0.6 is 0 Å². The number of benzene rings is 1. The van der Waals surface area contributed by atoms with Gasteiger partial charge in [0, 0.05) is 32.3 Å². The molecule has 2 aromatic rings. The molecule has 1 saturated heterocycles. The van der Waals surface area contributed by atoms with Gasteiger partial charge in [0.25, 0.3) is 0 Å². The van der Waals surface area contributed by atoms with Crippen LogP contribution in [-0.4, -0.2) is 49.8 Å². The van der Waals surface area contributed by atoms with Crippen LogP contribution in [0.3, 0.4) is 0 Å². The third-order valence-electron chi connectivity index (χ3n) is 5.73. The maximum absolute atomic E-state index is 12.6. The highest BCUT2D eigenvalue weighted by atomic mass is 32.2. The number of carbonyl (C=O) groups is 2. The molecule has 1 aliphatic heterocycles. The zero-order valence-corrected chi connectivity index (χ0v) is 19.5. The van der Waals surface area contributed by atoms with E-state index in [1.807, 2.05) is 26.8 Å². The number of sulfonamides is 1. The molecule has 2 amide bonds. The van der Waals surface area contributed by atoms with E-state index in [-0.39, 0.29) is 35.6 Å². The second-order valence-electron chi connectivity index (χ2n) is 8.28. The Morgan fingerprint density at radius 3 is 2.59 bits per heavy atom. The normalized spacial score (nSPS) is 16.6. The van der Waals surface area contributed by atoms with Gasteiger partial charge in [0.05, 0.1) is 10.8 Å². The Hall–Kier alpha value is -2.78. The number of hydrogen-bond acceptors (Lipinski definition) is 5. The fraction of sp³-hybridized carbons (Fsp3) is 0.435. The lowest BCUT2D eigenvalue weighted by atomic mass is 9.97. The molecule has 0 saturated carbocycles. The predicted octanol–water partition coefficient (Wildman–Crippen LogP) is 2.55. The van der Waals surface area contributed by atoms with Crippen molar-refractivity contribution in [2.24, 2.45) is 5.92 Å². The summed E-state index contributed by atoms with van der Waals surface area (Å²) >= 11 is 0. The molecular formula is C23H30N4O4S. The van der Waals surface area contributed by atoms with E-state index >= 15 is 0 Å². The summed E-state index contributed by atoms with van der Waals surface area (Å²) in [5, 5.41) is 2.81. The van der Waals surface area contributed by atoms with Gasteiger partial charge in [-0.1, -0.05) is 12.1 Å². The van der Waals surface area contributed by atoms with Crippen molar-refractivity contribution in [3.8, 4) is 0 Å².